The van der Waals surface area contributed by atoms with Crippen molar-refractivity contribution < 1.29 is 4.79 Å². The zero-order valence-corrected chi connectivity index (χ0v) is 19.4. The summed E-state index contributed by atoms with van der Waals surface area (Å²) in [6, 6.07) is 25.1. The average Bonchev–Trinajstić information content (AvgIpc) is 2.84. The lowest BCUT2D eigenvalue weighted by molar-refractivity contribution is -0.131. The number of nitrogens with zero attached hydrogens (tertiary/aromatic N) is 3. The van der Waals surface area contributed by atoms with Crippen LogP contribution in [0, 0.1) is 0 Å². The van der Waals surface area contributed by atoms with E-state index in [2.05, 4.69) is 0 Å². The van der Waals surface area contributed by atoms with Crippen LogP contribution >= 0.6 is 23.2 Å². The van der Waals surface area contributed by atoms with Crippen LogP contribution in [-0.4, -0.2) is 27.3 Å². The van der Waals surface area contributed by atoms with Crippen molar-refractivity contribution in [1.29, 1.82) is 0 Å². The van der Waals surface area contributed by atoms with Crippen molar-refractivity contribution in [3.63, 3.8) is 0 Å². The van der Waals surface area contributed by atoms with Gasteiger partial charge in [0.25, 0.3) is 0 Å². The first-order valence-electron chi connectivity index (χ1n) is 10.8. The molecule has 5 rings (SSSR count). The molecule has 0 fully saturated rings. The van der Waals surface area contributed by atoms with Gasteiger partial charge >= 0.3 is 0 Å². The lowest BCUT2D eigenvalue weighted by Gasteiger charge is -2.30. The Balaban J connectivity index is 1.51. The fraction of sp³-hybridized carbons (Fsp3) is 0.148. The summed E-state index contributed by atoms with van der Waals surface area (Å²) in [6.07, 6.45) is 0.995. The maximum absolute atomic E-state index is 13.1. The minimum atomic E-state index is 0.0668. The van der Waals surface area contributed by atoms with Crippen molar-refractivity contribution in [3.8, 4) is 22.6 Å². The van der Waals surface area contributed by atoms with Crippen molar-refractivity contribution >= 4 is 29.1 Å². The van der Waals surface area contributed by atoms with Crippen LogP contribution in [0.25, 0.3) is 22.6 Å². The van der Waals surface area contributed by atoms with Gasteiger partial charge in [0.1, 0.15) is 0 Å². The Morgan fingerprint density at radius 2 is 1.64 bits per heavy atom. The summed E-state index contributed by atoms with van der Waals surface area (Å²) < 4.78 is 0. The van der Waals surface area contributed by atoms with E-state index in [9.17, 15) is 4.79 Å². The number of carbonyl (C=O) groups is 1. The van der Waals surface area contributed by atoms with Gasteiger partial charge in [-0.15, -0.1) is 0 Å². The molecule has 0 spiro atoms. The van der Waals surface area contributed by atoms with E-state index in [1.54, 1.807) is 0 Å². The van der Waals surface area contributed by atoms with Crippen molar-refractivity contribution in [2.45, 2.75) is 19.4 Å². The first-order chi connectivity index (χ1) is 16.1. The SMILES string of the molecule is O=C(Cc1cccc(Cl)c1)N1CCc2nc(-c3ccccc3)nc(-c3ccc(Cl)cc3)c2C1. The number of benzene rings is 3. The van der Waals surface area contributed by atoms with Gasteiger partial charge in [-0.05, 0) is 29.8 Å². The minimum Gasteiger partial charge on any atom is -0.338 e. The molecule has 4 nitrogen and oxygen atoms in total. The number of aromatic nitrogens is 2. The van der Waals surface area contributed by atoms with E-state index in [0.29, 0.717) is 41.8 Å². The fourth-order valence-electron chi connectivity index (χ4n) is 4.12. The van der Waals surface area contributed by atoms with Gasteiger partial charge in [-0.1, -0.05) is 77.8 Å². The molecule has 1 aromatic heterocycles. The molecule has 0 N–H and O–H groups in total. The van der Waals surface area contributed by atoms with Crippen molar-refractivity contribution in [2.75, 3.05) is 6.54 Å². The molecule has 0 saturated carbocycles. The standard InChI is InChI=1S/C27H21Cl2N3O/c28-21-11-9-19(10-12-21)26-23-17-32(25(33)16-18-5-4-8-22(29)15-18)14-13-24(23)30-27(31-26)20-6-2-1-3-7-20/h1-12,15H,13-14,16-17H2. The summed E-state index contributed by atoms with van der Waals surface area (Å²) in [6.45, 7) is 1.10. The number of hydrogen-bond donors (Lipinski definition) is 0. The molecule has 0 unspecified atom stereocenters. The van der Waals surface area contributed by atoms with Crippen LogP contribution < -0.4 is 0 Å². The first kappa shape index (κ1) is 21.6. The Morgan fingerprint density at radius 1 is 0.848 bits per heavy atom. The predicted octanol–water partition coefficient (Wildman–Crippen LogP) is 6.24. The third-order valence-electron chi connectivity index (χ3n) is 5.81. The van der Waals surface area contributed by atoms with E-state index in [4.69, 9.17) is 33.2 Å². The molecule has 6 heteroatoms. The van der Waals surface area contributed by atoms with Gasteiger partial charge in [-0.2, -0.15) is 0 Å². The molecule has 0 bridgehead atoms. The second-order valence-electron chi connectivity index (χ2n) is 8.07. The summed E-state index contributed by atoms with van der Waals surface area (Å²) >= 11 is 12.2. The van der Waals surface area contributed by atoms with Crippen LogP contribution in [0.2, 0.25) is 10.0 Å². The van der Waals surface area contributed by atoms with Crippen molar-refractivity contribution in [1.82, 2.24) is 14.9 Å². The van der Waals surface area contributed by atoms with E-state index in [0.717, 1.165) is 33.6 Å². The van der Waals surface area contributed by atoms with Gasteiger partial charge in [0.05, 0.1) is 17.8 Å². The monoisotopic (exact) mass is 473 g/mol. The van der Waals surface area contributed by atoms with Gasteiger partial charge in [-0.25, -0.2) is 9.97 Å². The molecule has 33 heavy (non-hydrogen) atoms. The highest BCUT2D eigenvalue weighted by Crippen LogP contribution is 2.31. The Morgan fingerprint density at radius 3 is 2.39 bits per heavy atom. The van der Waals surface area contributed by atoms with Crippen LogP contribution in [0.3, 0.4) is 0 Å². The van der Waals surface area contributed by atoms with E-state index < -0.39 is 0 Å². The second kappa shape index (κ2) is 9.34. The molecule has 1 amide bonds. The Bertz CT molecular complexity index is 1310. The highest BCUT2D eigenvalue weighted by Gasteiger charge is 2.26. The minimum absolute atomic E-state index is 0.0668. The van der Waals surface area contributed by atoms with Gasteiger partial charge in [0, 0.05) is 46.2 Å². The molecule has 164 valence electrons. The molecule has 1 aliphatic rings. The summed E-state index contributed by atoms with van der Waals surface area (Å²) in [5.41, 5.74) is 5.65. The maximum Gasteiger partial charge on any atom is 0.227 e. The highest BCUT2D eigenvalue weighted by atomic mass is 35.5. The first-order valence-corrected chi connectivity index (χ1v) is 11.6. The summed E-state index contributed by atoms with van der Waals surface area (Å²) in [4.78, 5) is 24.8. The summed E-state index contributed by atoms with van der Waals surface area (Å²) in [7, 11) is 0. The van der Waals surface area contributed by atoms with Gasteiger partial charge in [0.15, 0.2) is 5.82 Å². The quantitative estimate of drug-likeness (QED) is 0.352. The zero-order chi connectivity index (χ0) is 22.8. The van der Waals surface area contributed by atoms with Crippen LogP contribution in [0.15, 0.2) is 78.9 Å². The molecule has 4 aromatic rings. The number of fused-ring (bicyclic) bond motifs is 1. The number of halogens is 2. The molecule has 3 aromatic carbocycles. The second-order valence-corrected chi connectivity index (χ2v) is 8.94. The lowest BCUT2D eigenvalue weighted by atomic mass is 9.98. The number of hydrogen-bond acceptors (Lipinski definition) is 3. The van der Waals surface area contributed by atoms with E-state index in [1.807, 2.05) is 83.8 Å². The van der Waals surface area contributed by atoms with Gasteiger partial charge < -0.3 is 4.90 Å². The van der Waals surface area contributed by atoms with E-state index in [1.165, 1.54) is 0 Å². The Kier molecular flexibility index (Phi) is 6.12. The van der Waals surface area contributed by atoms with Gasteiger partial charge in [0.2, 0.25) is 5.91 Å². The molecular weight excluding hydrogens is 453 g/mol. The largest absolute Gasteiger partial charge is 0.338 e. The normalized spacial score (nSPS) is 13.0. The molecule has 2 heterocycles. The lowest BCUT2D eigenvalue weighted by Crippen LogP contribution is -2.37. The smallest absolute Gasteiger partial charge is 0.227 e. The molecule has 0 radical (unpaired) electrons. The maximum atomic E-state index is 13.1. The van der Waals surface area contributed by atoms with E-state index >= 15 is 0 Å². The Labute approximate surface area is 202 Å². The molecule has 0 atom stereocenters. The van der Waals surface area contributed by atoms with Crippen LogP contribution in [-0.2, 0) is 24.2 Å². The zero-order valence-electron chi connectivity index (χ0n) is 17.8. The number of amides is 1. The third-order valence-corrected chi connectivity index (χ3v) is 6.29. The number of rotatable bonds is 4. The van der Waals surface area contributed by atoms with Crippen molar-refractivity contribution in [2.24, 2.45) is 0 Å². The molecular formula is C27H21Cl2N3O. The predicted molar refractivity (Wildman–Crippen MR) is 132 cm³/mol. The number of carbonyl (C=O) groups excluding carboxylic acids is 1. The van der Waals surface area contributed by atoms with Crippen molar-refractivity contribution in [3.05, 3.63) is 106 Å². The average molecular weight is 474 g/mol. The van der Waals surface area contributed by atoms with Crippen LogP contribution in [0.5, 0.6) is 0 Å². The van der Waals surface area contributed by atoms with E-state index in [-0.39, 0.29) is 5.91 Å². The summed E-state index contributed by atoms with van der Waals surface area (Å²) in [5, 5.41) is 1.31. The van der Waals surface area contributed by atoms with Gasteiger partial charge in [-0.3, -0.25) is 4.79 Å². The fourth-order valence-corrected chi connectivity index (χ4v) is 4.46. The highest BCUT2D eigenvalue weighted by molar-refractivity contribution is 6.30. The molecule has 1 aliphatic heterocycles. The Hall–Kier alpha value is -3.21. The summed E-state index contributed by atoms with van der Waals surface area (Å²) in [5.74, 6) is 0.759. The van der Waals surface area contributed by atoms with Crippen LogP contribution in [0.1, 0.15) is 16.8 Å². The molecule has 0 aliphatic carbocycles. The molecule has 0 saturated heterocycles. The topological polar surface area (TPSA) is 46.1 Å². The van der Waals surface area contributed by atoms with Crippen LogP contribution in [0.4, 0.5) is 0 Å². The third kappa shape index (κ3) is 4.77.